The smallest absolute Gasteiger partial charge is 0.289 e. The van der Waals surface area contributed by atoms with E-state index in [0.717, 1.165) is 22.6 Å². The molecule has 138 valence electrons. The van der Waals surface area contributed by atoms with Gasteiger partial charge in [-0.15, -0.1) is 0 Å². The van der Waals surface area contributed by atoms with Gasteiger partial charge in [0.25, 0.3) is 5.91 Å². The fourth-order valence-corrected chi connectivity index (χ4v) is 2.45. The van der Waals surface area contributed by atoms with Crippen molar-refractivity contribution in [1.82, 2.24) is 15.6 Å². The first-order valence-electron chi connectivity index (χ1n) is 8.37. The van der Waals surface area contributed by atoms with E-state index >= 15 is 0 Å². The van der Waals surface area contributed by atoms with Crippen molar-refractivity contribution in [1.29, 1.82) is 0 Å². The summed E-state index contributed by atoms with van der Waals surface area (Å²) in [6.07, 6.45) is 1.59. The quantitative estimate of drug-likeness (QED) is 0.521. The van der Waals surface area contributed by atoms with Crippen LogP contribution in [0.2, 0.25) is 0 Å². The fraction of sp³-hybridized carbons (Fsp3) is 0.150. The number of hydrogen-bond acceptors (Lipinski definition) is 5. The maximum absolute atomic E-state index is 12.2. The third-order valence-corrected chi connectivity index (χ3v) is 3.98. The molecule has 2 aromatic carbocycles. The number of hydrogen-bond donors (Lipinski definition) is 2. The number of carbonyl (C=O) groups is 1. The van der Waals surface area contributed by atoms with Crippen LogP contribution < -0.4 is 15.1 Å². The van der Waals surface area contributed by atoms with E-state index in [9.17, 15) is 4.79 Å². The van der Waals surface area contributed by atoms with E-state index in [1.54, 1.807) is 19.4 Å². The molecule has 0 aliphatic carbocycles. The highest BCUT2D eigenvalue weighted by Gasteiger charge is 2.10. The van der Waals surface area contributed by atoms with Crippen LogP contribution in [0.25, 0.3) is 11.3 Å². The van der Waals surface area contributed by atoms with Crippen LogP contribution in [0.4, 0.5) is 5.69 Å². The molecule has 0 aliphatic rings. The number of aromatic amines is 1. The normalized spacial score (nSPS) is 10.8. The zero-order chi connectivity index (χ0) is 19.2. The predicted molar refractivity (Wildman–Crippen MR) is 106 cm³/mol. The Labute approximate surface area is 157 Å². The first-order valence-corrected chi connectivity index (χ1v) is 8.37. The van der Waals surface area contributed by atoms with Crippen LogP contribution in [0.1, 0.15) is 16.1 Å². The molecule has 0 fully saturated rings. The first-order chi connectivity index (χ1) is 13.1. The number of nitrogens with one attached hydrogen (secondary N) is 2. The lowest BCUT2D eigenvalue weighted by Gasteiger charge is -2.11. The van der Waals surface area contributed by atoms with Crippen molar-refractivity contribution in [3.63, 3.8) is 0 Å². The predicted octanol–water partition coefficient (Wildman–Crippen LogP) is 2.92. The molecular formula is C20H21N5O2. The van der Waals surface area contributed by atoms with Crippen molar-refractivity contribution >= 4 is 17.8 Å². The van der Waals surface area contributed by atoms with Gasteiger partial charge in [0, 0.05) is 25.3 Å². The number of aromatic nitrogens is 2. The van der Waals surface area contributed by atoms with Gasteiger partial charge >= 0.3 is 0 Å². The average Bonchev–Trinajstić information content (AvgIpc) is 3.19. The lowest BCUT2D eigenvalue weighted by molar-refractivity contribution is 0.0950. The van der Waals surface area contributed by atoms with Gasteiger partial charge in [-0.05, 0) is 35.9 Å². The van der Waals surface area contributed by atoms with Crippen LogP contribution in [-0.2, 0) is 0 Å². The number of ether oxygens (including phenoxy) is 1. The Morgan fingerprint density at radius 1 is 1.19 bits per heavy atom. The van der Waals surface area contributed by atoms with E-state index in [0.29, 0.717) is 11.4 Å². The largest absolute Gasteiger partial charge is 0.497 e. The van der Waals surface area contributed by atoms with Crippen molar-refractivity contribution in [2.75, 3.05) is 26.1 Å². The molecule has 0 unspecified atom stereocenters. The SMILES string of the molecule is COc1cccc(-c2cc(C(=O)N/N=C/c3ccc(N(C)C)cc3)[nH]n2)c1. The zero-order valence-corrected chi connectivity index (χ0v) is 15.4. The van der Waals surface area contributed by atoms with Crippen molar-refractivity contribution in [2.24, 2.45) is 5.10 Å². The second-order valence-electron chi connectivity index (χ2n) is 6.08. The summed E-state index contributed by atoms with van der Waals surface area (Å²) in [5.41, 5.74) is 6.32. The molecule has 7 nitrogen and oxygen atoms in total. The van der Waals surface area contributed by atoms with Crippen molar-refractivity contribution in [3.05, 3.63) is 65.9 Å². The molecule has 2 N–H and O–H groups in total. The van der Waals surface area contributed by atoms with E-state index < -0.39 is 0 Å². The minimum Gasteiger partial charge on any atom is -0.497 e. The summed E-state index contributed by atoms with van der Waals surface area (Å²) in [6.45, 7) is 0. The summed E-state index contributed by atoms with van der Waals surface area (Å²) in [7, 11) is 5.57. The highest BCUT2D eigenvalue weighted by Crippen LogP contribution is 2.22. The van der Waals surface area contributed by atoms with E-state index in [4.69, 9.17) is 4.74 Å². The number of nitrogens with zero attached hydrogens (tertiary/aromatic N) is 3. The molecule has 0 atom stereocenters. The van der Waals surface area contributed by atoms with Crippen molar-refractivity contribution in [3.8, 4) is 17.0 Å². The van der Waals surface area contributed by atoms with E-state index in [1.807, 2.05) is 67.5 Å². The molecule has 0 aliphatic heterocycles. The van der Waals surface area contributed by atoms with Crippen LogP contribution in [0.3, 0.4) is 0 Å². The van der Waals surface area contributed by atoms with Crippen LogP contribution in [0, 0.1) is 0 Å². The molecule has 1 amide bonds. The summed E-state index contributed by atoms with van der Waals surface area (Å²) in [4.78, 5) is 14.2. The van der Waals surface area contributed by atoms with Gasteiger partial charge in [-0.3, -0.25) is 9.89 Å². The van der Waals surface area contributed by atoms with Crippen LogP contribution >= 0.6 is 0 Å². The topological polar surface area (TPSA) is 82.6 Å². The molecule has 1 heterocycles. The molecule has 27 heavy (non-hydrogen) atoms. The monoisotopic (exact) mass is 363 g/mol. The Morgan fingerprint density at radius 2 is 1.96 bits per heavy atom. The molecular weight excluding hydrogens is 342 g/mol. The van der Waals surface area contributed by atoms with Gasteiger partial charge in [-0.25, -0.2) is 5.43 Å². The Hall–Kier alpha value is -3.61. The second-order valence-corrected chi connectivity index (χ2v) is 6.08. The summed E-state index contributed by atoms with van der Waals surface area (Å²) in [5, 5.41) is 10.9. The van der Waals surface area contributed by atoms with Gasteiger partial charge in [-0.2, -0.15) is 10.2 Å². The average molecular weight is 363 g/mol. The fourth-order valence-electron chi connectivity index (χ4n) is 2.45. The lowest BCUT2D eigenvalue weighted by atomic mass is 10.1. The lowest BCUT2D eigenvalue weighted by Crippen LogP contribution is -2.18. The number of rotatable bonds is 6. The van der Waals surface area contributed by atoms with Gasteiger partial charge in [0.15, 0.2) is 0 Å². The minimum atomic E-state index is -0.363. The van der Waals surface area contributed by atoms with Crippen molar-refractivity contribution < 1.29 is 9.53 Å². The molecule has 0 radical (unpaired) electrons. The summed E-state index contributed by atoms with van der Waals surface area (Å²) >= 11 is 0. The van der Waals surface area contributed by atoms with Crippen molar-refractivity contribution in [2.45, 2.75) is 0 Å². The number of benzene rings is 2. The number of carbonyl (C=O) groups excluding carboxylic acids is 1. The third kappa shape index (κ3) is 4.52. The standard InChI is InChI=1S/C20H21N5O2/c1-25(2)16-9-7-14(8-10-16)13-21-24-20(26)19-12-18(22-23-19)15-5-4-6-17(11-15)27-3/h4-13H,1-3H3,(H,22,23)(H,24,26)/b21-13+. The molecule has 3 rings (SSSR count). The van der Waals surface area contributed by atoms with E-state index in [1.165, 1.54) is 0 Å². The number of anilines is 1. The number of amides is 1. The van der Waals surface area contributed by atoms with Crippen LogP contribution in [0.5, 0.6) is 5.75 Å². The minimum absolute atomic E-state index is 0.327. The summed E-state index contributed by atoms with van der Waals surface area (Å²) < 4.78 is 5.21. The number of H-pyrrole nitrogens is 1. The van der Waals surface area contributed by atoms with Gasteiger partial charge < -0.3 is 9.64 Å². The molecule has 0 bridgehead atoms. The Morgan fingerprint density at radius 3 is 2.67 bits per heavy atom. The molecule has 0 saturated carbocycles. The highest BCUT2D eigenvalue weighted by molar-refractivity contribution is 5.94. The Bertz CT molecular complexity index is 945. The van der Waals surface area contributed by atoms with Crippen LogP contribution in [0.15, 0.2) is 59.7 Å². The highest BCUT2D eigenvalue weighted by atomic mass is 16.5. The number of methoxy groups -OCH3 is 1. The zero-order valence-electron chi connectivity index (χ0n) is 15.4. The van der Waals surface area contributed by atoms with E-state index in [2.05, 4.69) is 20.7 Å². The summed E-state index contributed by atoms with van der Waals surface area (Å²) in [5.74, 6) is 0.365. The first kappa shape index (κ1) is 18.2. The Kier molecular flexibility index (Phi) is 5.51. The molecule has 1 aromatic heterocycles. The third-order valence-electron chi connectivity index (χ3n) is 3.98. The van der Waals surface area contributed by atoms with Crippen LogP contribution in [-0.4, -0.2) is 43.5 Å². The van der Waals surface area contributed by atoms with Gasteiger partial charge in [-0.1, -0.05) is 24.3 Å². The summed E-state index contributed by atoms with van der Waals surface area (Å²) in [6, 6.07) is 17.0. The number of hydrazone groups is 1. The van der Waals surface area contributed by atoms with Gasteiger partial charge in [0.2, 0.25) is 0 Å². The van der Waals surface area contributed by atoms with Gasteiger partial charge in [0.1, 0.15) is 11.4 Å². The molecule has 0 spiro atoms. The maximum atomic E-state index is 12.2. The van der Waals surface area contributed by atoms with Gasteiger partial charge in [0.05, 0.1) is 19.0 Å². The molecule has 7 heteroatoms. The maximum Gasteiger partial charge on any atom is 0.289 e. The van der Waals surface area contributed by atoms with E-state index in [-0.39, 0.29) is 5.91 Å². The molecule has 3 aromatic rings. The molecule has 0 saturated heterocycles. The second kappa shape index (κ2) is 8.18. The Balaban J connectivity index is 1.64.